The minimum absolute atomic E-state index is 0.0758. The summed E-state index contributed by atoms with van der Waals surface area (Å²) in [5.41, 5.74) is -0.353. The van der Waals surface area contributed by atoms with E-state index in [2.05, 4.69) is 20.4 Å². The molecule has 4 atom stereocenters. The van der Waals surface area contributed by atoms with Crippen molar-refractivity contribution < 1.29 is 14.6 Å². The normalized spacial score (nSPS) is 36.1. The molecule has 8 heteroatoms. The predicted molar refractivity (Wildman–Crippen MR) is 70.1 cm³/mol. The number of fused-ring (bicyclic) bond motifs is 8. The second-order valence-electron chi connectivity index (χ2n) is 5.60. The fourth-order valence-electron chi connectivity index (χ4n) is 3.23. The van der Waals surface area contributed by atoms with Crippen LogP contribution in [0.1, 0.15) is 12.5 Å². The van der Waals surface area contributed by atoms with Crippen molar-refractivity contribution in [2.75, 3.05) is 11.9 Å². The lowest BCUT2D eigenvalue weighted by Crippen LogP contribution is -2.58. The molecule has 5 rings (SSSR count). The monoisotopic (exact) mass is 287 g/mol. The van der Waals surface area contributed by atoms with E-state index in [1.54, 1.807) is 17.1 Å². The predicted octanol–water partition coefficient (Wildman–Crippen LogP) is 0.140. The minimum atomic E-state index is -1.24. The second kappa shape index (κ2) is 3.79. The summed E-state index contributed by atoms with van der Waals surface area (Å²) in [6.07, 6.45) is 3.16. The lowest BCUT2D eigenvalue weighted by atomic mass is 9.95. The van der Waals surface area contributed by atoms with Crippen molar-refractivity contribution >= 4 is 5.95 Å². The fraction of sp³-hybridized carbons (Fsp3) is 0.462. The van der Waals surface area contributed by atoms with E-state index in [0.29, 0.717) is 24.8 Å². The molecule has 0 aliphatic carbocycles. The van der Waals surface area contributed by atoms with Crippen LogP contribution in [-0.4, -0.2) is 49.6 Å². The van der Waals surface area contributed by atoms with Gasteiger partial charge in [0.15, 0.2) is 11.5 Å². The number of pyridine rings is 1. The van der Waals surface area contributed by atoms with Crippen molar-refractivity contribution in [2.24, 2.45) is 0 Å². The van der Waals surface area contributed by atoms with Gasteiger partial charge < -0.3 is 19.9 Å². The average Bonchev–Trinajstić information content (AvgIpc) is 3.11. The molecule has 0 aromatic carbocycles. The van der Waals surface area contributed by atoms with E-state index in [1.165, 1.54) is 0 Å². The summed E-state index contributed by atoms with van der Waals surface area (Å²) in [5.74, 6) is 1.15. The van der Waals surface area contributed by atoms with Crippen LogP contribution in [0.4, 0.5) is 5.95 Å². The van der Waals surface area contributed by atoms with E-state index in [-0.39, 0.29) is 12.1 Å². The van der Waals surface area contributed by atoms with Crippen molar-refractivity contribution in [2.45, 2.75) is 30.6 Å². The van der Waals surface area contributed by atoms with Crippen LogP contribution in [0.15, 0.2) is 24.5 Å². The minimum Gasteiger partial charge on any atom is -0.366 e. The van der Waals surface area contributed by atoms with E-state index in [1.807, 2.05) is 12.1 Å². The SMILES string of the molecule is O[C@]12C[C@H]([C@@H]3CO[C@H]1O3)n1nc(-c3ccncc3)nc1N2. The van der Waals surface area contributed by atoms with Crippen LogP contribution >= 0.6 is 0 Å². The maximum Gasteiger partial charge on any atom is 0.224 e. The quantitative estimate of drug-likeness (QED) is 0.770. The molecule has 2 aromatic rings. The summed E-state index contributed by atoms with van der Waals surface area (Å²) in [7, 11) is 0. The van der Waals surface area contributed by atoms with Crippen LogP contribution in [0.2, 0.25) is 0 Å². The first kappa shape index (κ1) is 11.6. The first-order chi connectivity index (χ1) is 10.2. The molecule has 8 nitrogen and oxygen atoms in total. The number of aliphatic hydroxyl groups is 1. The Morgan fingerprint density at radius 3 is 3.10 bits per heavy atom. The Kier molecular flexibility index (Phi) is 2.09. The van der Waals surface area contributed by atoms with Crippen molar-refractivity contribution in [1.82, 2.24) is 19.7 Å². The Hall–Kier alpha value is -2.03. The molecule has 0 unspecified atom stereocenters. The molecule has 0 amide bonds. The number of hydrogen-bond acceptors (Lipinski definition) is 7. The van der Waals surface area contributed by atoms with Gasteiger partial charge in [0.1, 0.15) is 6.10 Å². The molecule has 3 aliphatic rings. The van der Waals surface area contributed by atoms with Gasteiger partial charge in [0, 0.05) is 24.4 Å². The molecule has 0 spiro atoms. The van der Waals surface area contributed by atoms with Crippen molar-refractivity contribution in [3.8, 4) is 11.4 Å². The van der Waals surface area contributed by atoms with Gasteiger partial charge in [-0.3, -0.25) is 4.98 Å². The van der Waals surface area contributed by atoms with Crippen molar-refractivity contribution in [3.63, 3.8) is 0 Å². The summed E-state index contributed by atoms with van der Waals surface area (Å²) in [4.78, 5) is 8.48. The summed E-state index contributed by atoms with van der Waals surface area (Å²) in [5, 5.41) is 18.2. The van der Waals surface area contributed by atoms with Crippen molar-refractivity contribution in [1.29, 1.82) is 0 Å². The van der Waals surface area contributed by atoms with Gasteiger partial charge in [-0.15, -0.1) is 5.10 Å². The zero-order chi connectivity index (χ0) is 14.0. The highest BCUT2D eigenvalue weighted by atomic mass is 16.7. The van der Waals surface area contributed by atoms with Gasteiger partial charge in [0.25, 0.3) is 0 Å². The molecule has 2 fully saturated rings. The van der Waals surface area contributed by atoms with E-state index in [9.17, 15) is 5.11 Å². The number of rotatable bonds is 1. The molecule has 2 aromatic heterocycles. The van der Waals surface area contributed by atoms with Gasteiger partial charge in [-0.05, 0) is 12.1 Å². The summed E-state index contributed by atoms with van der Waals surface area (Å²) in [6.45, 7) is 0.462. The van der Waals surface area contributed by atoms with Crippen LogP contribution in [0.5, 0.6) is 0 Å². The lowest BCUT2D eigenvalue weighted by molar-refractivity contribution is -0.215. The van der Waals surface area contributed by atoms with Gasteiger partial charge in [-0.2, -0.15) is 4.98 Å². The highest BCUT2D eigenvalue weighted by Gasteiger charge is 2.57. The number of anilines is 1. The number of ether oxygens (including phenoxy) is 2. The van der Waals surface area contributed by atoms with Crippen LogP contribution in [0, 0.1) is 0 Å². The van der Waals surface area contributed by atoms with Gasteiger partial charge in [-0.1, -0.05) is 0 Å². The Morgan fingerprint density at radius 1 is 1.38 bits per heavy atom. The van der Waals surface area contributed by atoms with Gasteiger partial charge in [0.2, 0.25) is 12.2 Å². The Bertz CT molecular complexity index is 705. The molecule has 5 heterocycles. The molecule has 108 valence electrons. The molecule has 0 saturated carbocycles. The number of nitrogens with one attached hydrogen (secondary N) is 1. The Balaban J connectivity index is 1.62. The molecule has 2 N–H and O–H groups in total. The smallest absolute Gasteiger partial charge is 0.224 e. The average molecular weight is 287 g/mol. The standard InChI is InChI=1S/C13H13N5O3/c19-13-5-8(9-6-20-11(13)21-9)18-12(16-13)15-10(17-18)7-1-3-14-4-2-7/h1-4,8-9,11,19H,5-6H2,(H,15,16,17)/t8-,9+,11+,13-/m1/s1. The zero-order valence-corrected chi connectivity index (χ0v) is 11.0. The fourth-order valence-corrected chi connectivity index (χ4v) is 3.23. The largest absolute Gasteiger partial charge is 0.366 e. The summed E-state index contributed by atoms with van der Waals surface area (Å²) in [6, 6.07) is 3.63. The topological polar surface area (TPSA) is 94.3 Å². The number of aromatic nitrogens is 4. The number of nitrogens with zero attached hydrogens (tertiary/aromatic N) is 4. The highest BCUT2D eigenvalue weighted by molar-refractivity contribution is 5.56. The summed E-state index contributed by atoms with van der Waals surface area (Å²) >= 11 is 0. The maximum absolute atomic E-state index is 10.7. The van der Waals surface area contributed by atoms with Crippen LogP contribution in [-0.2, 0) is 9.47 Å². The first-order valence-corrected chi connectivity index (χ1v) is 6.87. The van der Waals surface area contributed by atoms with Crippen LogP contribution < -0.4 is 5.32 Å². The van der Waals surface area contributed by atoms with Crippen LogP contribution in [0.25, 0.3) is 11.4 Å². The molecule has 4 bridgehead atoms. The Morgan fingerprint density at radius 2 is 2.24 bits per heavy atom. The van der Waals surface area contributed by atoms with E-state index >= 15 is 0 Å². The van der Waals surface area contributed by atoms with Gasteiger partial charge in [0.05, 0.1) is 12.6 Å². The molecule has 3 aliphatic heterocycles. The van der Waals surface area contributed by atoms with E-state index in [4.69, 9.17) is 9.47 Å². The first-order valence-electron chi connectivity index (χ1n) is 6.87. The van der Waals surface area contributed by atoms with E-state index < -0.39 is 12.0 Å². The van der Waals surface area contributed by atoms with Crippen LogP contribution in [0.3, 0.4) is 0 Å². The third-order valence-corrected chi connectivity index (χ3v) is 4.26. The second-order valence-corrected chi connectivity index (χ2v) is 5.60. The maximum atomic E-state index is 10.7. The summed E-state index contributed by atoms with van der Waals surface area (Å²) < 4.78 is 13.0. The molecule has 21 heavy (non-hydrogen) atoms. The molecular weight excluding hydrogens is 274 g/mol. The molecule has 0 radical (unpaired) electrons. The lowest BCUT2D eigenvalue weighted by Gasteiger charge is -2.44. The highest BCUT2D eigenvalue weighted by Crippen LogP contribution is 2.45. The van der Waals surface area contributed by atoms with Crippen molar-refractivity contribution in [3.05, 3.63) is 24.5 Å². The zero-order valence-electron chi connectivity index (χ0n) is 11.0. The van der Waals surface area contributed by atoms with Gasteiger partial charge >= 0.3 is 0 Å². The molecular formula is C13H13N5O3. The number of hydrogen-bond donors (Lipinski definition) is 2. The Labute approximate surface area is 119 Å². The van der Waals surface area contributed by atoms with Gasteiger partial charge in [-0.25, -0.2) is 4.68 Å². The molecule has 2 saturated heterocycles. The third-order valence-electron chi connectivity index (χ3n) is 4.26. The van der Waals surface area contributed by atoms with E-state index in [0.717, 1.165) is 5.56 Å². The third kappa shape index (κ3) is 1.52.